The maximum Gasteiger partial charge on any atom is 0.249 e. The molecule has 2 bridgehead atoms. The number of carbonyl (C=O) groups excluding carboxylic acids is 3. The molecule has 0 saturated carbocycles. The second-order valence-electron chi connectivity index (χ2n) is 12.0. The van der Waals surface area contributed by atoms with Gasteiger partial charge in [-0.1, -0.05) is 55.3 Å². The van der Waals surface area contributed by atoms with E-state index in [0.717, 1.165) is 12.8 Å². The van der Waals surface area contributed by atoms with Gasteiger partial charge in [0.05, 0.1) is 30.6 Å². The van der Waals surface area contributed by atoms with E-state index in [4.69, 9.17) is 4.74 Å². The molecule has 9 heteroatoms. The Morgan fingerprint density at radius 3 is 2.37 bits per heavy atom. The highest BCUT2D eigenvalue weighted by atomic mass is 79.9. The average Bonchev–Trinajstić information content (AvgIpc) is 3.45. The molecule has 8 atom stereocenters. The van der Waals surface area contributed by atoms with Crippen LogP contribution < -0.4 is 0 Å². The summed E-state index contributed by atoms with van der Waals surface area (Å²) in [4.78, 5) is 47.8. The lowest BCUT2D eigenvalue weighted by molar-refractivity contribution is -0.156. The summed E-state index contributed by atoms with van der Waals surface area (Å²) in [6, 6.07) is -1.52. The number of fused-ring (bicyclic) bond motifs is 1. The van der Waals surface area contributed by atoms with Gasteiger partial charge in [0.25, 0.3) is 0 Å². The van der Waals surface area contributed by atoms with Crippen LogP contribution in [0.25, 0.3) is 0 Å². The van der Waals surface area contributed by atoms with Crippen LogP contribution in [0.3, 0.4) is 0 Å². The van der Waals surface area contributed by atoms with Crippen molar-refractivity contribution in [2.24, 2.45) is 17.8 Å². The summed E-state index contributed by atoms with van der Waals surface area (Å²) in [5.41, 5.74) is -1.70. The molecule has 1 spiro atoms. The fourth-order valence-electron chi connectivity index (χ4n) is 6.70. The first-order valence-electron chi connectivity index (χ1n) is 13.9. The van der Waals surface area contributed by atoms with Crippen molar-refractivity contribution in [1.29, 1.82) is 0 Å². The number of rotatable bonds is 12. The number of alkyl halides is 1. The van der Waals surface area contributed by atoms with Crippen LogP contribution in [0.5, 0.6) is 0 Å². The lowest BCUT2D eigenvalue weighted by atomic mass is 9.70. The highest BCUT2D eigenvalue weighted by Gasteiger charge is 2.77. The standard InChI is InChI=1S/C29H46BrN3O5/c1-9-13-31(14-10-2)25(35)21-22-26(36)33(20(17-34)18(5)12-4)24(29(22)16-19(30)23(21)38-29)27(37)32(15-11-3)28(6,7)8/h9,11,18-24,34H,1,3,10,12-17H2,2,4-8H3/t18-,19?,20-,21-,22-,23-,24?,29?/m0/s1. The molecular weight excluding hydrogens is 550 g/mol. The number of aliphatic hydroxyl groups excluding tert-OH is 1. The second-order valence-corrected chi connectivity index (χ2v) is 13.2. The number of halogens is 1. The number of hydrogen-bond acceptors (Lipinski definition) is 5. The van der Waals surface area contributed by atoms with E-state index in [1.807, 2.05) is 41.5 Å². The van der Waals surface area contributed by atoms with Crippen molar-refractivity contribution in [2.45, 2.75) is 95.0 Å². The molecule has 1 N–H and O–H groups in total. The highest BCUT2D eigenvalue weighted by Crippen LogP contribution is 2.61. The molecule has 3 heterocycles. The smallest absolute Gasteiger partial charge is 0.249 e. The molecule has 0 aromatic heterocycles. The van der Waals surface area contributed by atoms with Gasteiger partial charge in [-0.25, -0.2) is 0 Å². The number of amides is 3. The maximum atomic E-state index is 14.5. The molecule has 3 amide bonds. The third-order valence-corrected chi connectivity index (χ3v) is 9.48. The van der Waals surface area contributed by atoms with Crippen molar-refractivity contribution >= 4 is 33.7 Å². The average molecular weight is 597 g/mol. The van der Waals surface area contributed by atoms with Crippen LogP contribution in [0.4, 0.5) is 0 Å². The van der Waals surface area contributed by atoms with Crippen molar-refractivity contribution in [3.63, 3.8) is 0 Å². The van der Waals surface area contributed by atoms with E-state index in [1.165, 1.54) is 0 Å². The molecule has 3 unspecified atom stereocenters. The van der Waals surface area contributed by atoms with E-state index >= 15 is 0 Å². The minimum Gasteiger partial charge on any atom is -0.394 e. The zero-order chi connectivity index (χ0) is 28.6. The lowest BCUT2D eigenvalue weighted by Crippen LogP contribution is -2.62. The summed E-state index contributed by atoms with van der Waals surface area (Å²) in [5, 5.41) is 10.5. The van der Waals surface area contributed by atoms with Crippen molar-refractivity contribution in [3.8, 4) is 0 Å². The van der Waals surface area contributed by atoms with Gasteiger partial charge in [0.2, 0.25) is 17.7 Å². The topological polar surface area (TPSA) is 90.4 Å². The quantitative estimate of drug-likeness (QED) is 0.276. The number of aliphatic hydroxyl groups is 1. The lowest BCUT2D eigenvalue weighted by Gasteiger charge is -2.44. The Labute approximate surface area is 236 Å². The number of ether oxygens (including phenoxy) is 1. The second kappa shape index (κ2) is 11.8. The summed E-state index contributed by atoms with van der Waals surface area (Å²) in [6.45, 7) is 20.5. The van der Waals surface area contributed by atoms with Crippen LogP contribution in [0.2, 0.25) is 0 Å². The number of hydrogen-bond donors (Lipinski definition) is 1. The molecule has 0 radical (unpaired) electrons. The van der Waals surface area contributed by atoms with Crippen molar-refractivity contribution < 1.29 is 24.2 Å². The van der Waals surface area contributed by atoms with Gasteiger partial charge in [0.15, 0.2) is 0 Å². The molecule has 3 fully saturated rings. The zero-order valence-electron chi connectivity index (χ0n) is 23.9. The Bertz CT molecular complexity index is 936. The summed E-state index contributed by atoms with van der Waals surface area (Å²) in [6.07, 6.45) is 4.79. The Morgan fingerprint density at radius 2 is 1.87 bits per heavy atom. The fourth-order valence-corrected chi connectivity index (χ4v) is 7.64. The zero-order valence-corrected chi connectivity index (χ0v) is 25.4. The van der Waals surface area contributed by atoms with Gasteiger partial charge in [-0.05, 0) is 39.5 Å². The van der Waals surface area contributed by atoms with Crippen LogP contribution in [0.15, 0.2) is 25.3 Å². The normalized spacial score (nSPS) is 31.6. The van der Waals surface area contributed by atoms with Gasteiger partial charge < -0.3 is 24.5 Å². The number of carbonyl (C=O) groups is 3. The molecule has 0 aromatic rings. The first kappa shape index (κ1) is 30.8. The molecule has 3 aliphatic heterocycles. The molecule has 3 aliphatic rings. The largest absolute Gasteiger partial charge is 0.394 e. The van der Waals surface area contributed by atoms with Gasteiger partial charge in [0.1, 0.15) is 11.6 Å². The first-order valence-corrected chi connectivity index (χ1v) is 14.8. The van der Waals surface area contributed by atoms with Gasteiger partial charge in [-0.3, -0.25) is 14.4 Å². The molecular formula is C29H46BrN3O5. The van der Waals surface area contributed by atoms with Gasteiger partial charge in [-0.2, -0.15) is 0 Å². The van der Waals surface area contributed by atoms with Crippen LogP contribution in [-0.2, 0) is 19.1 Å². The SMILES string of the molecule is C=CCN(CCC)C(=O)[C@H]1[C@H]2C(=O)N([C@@H](CO)[C@@H](C)CC)C(C(=O)N(CC=C)C(C)(C)C)C23CC(Br)[C@@H]1O3. The summed E-state index contributed by atoms with van der Waals surface area (Å²) in [5.74, 6) is -2.22. The Hall–Kier alpha value is -1.71. The summed E-state index contributed by atoms with van der Waals surface area (Å²) < 4.78 is 6.68. The Kier molecular flexibility index (Phi) is 9.58. The van der Waals surface area contributed by atoms with E-state index in [0.29, 0.717) is 26.1 Å². The van der Waals surface area contributed by atoms with E-state index in [-0.39, 0.29) is 35.1 Å². The van der Waals surface area contributed by atoms with Crippen molar-refractivity contribution in [3.05, 3.63) is 25.3 Å². The van der Waals surface area contributed by atoms with E-state index in [1.54, 1.807) is 26.9 Å². The predicted octanol–water partition coefficient (Wildman–Crippen LogP) is 3.38. The van der Waals surface area contributed by atoms with E-state index < -0.39 is 41.2 Å². The minimum atomic E-state index is -1.16. The highest BCUT2D eigenvalue weighted by molar-refractivity contribution is 9.09. The van der Waals surface area contributed by atoms with Gasteiger partial charge in [0, 0.05) is 30.0 Å². The van der Waals surface area contributed by atoms with Crippen LogP contribution in [0.1, 0.15) is 60.8 Å². The Morgan fingerprint density at radius 1 is 1.24 bits per heavy atom. The third-order valence-electron chi connectivity index (χ3n) is 8.63. The molecule has 214 valence electrons. The van der Waals surface area contributed by atoms with Crippen molar-refractivity contribution in [1.82, 2.24) is 14.7 Å². The van der Waals surface area contributed by atoms with Crippen LogP contribution in [0, 0.1) is 17.8 Å². The monoisotopic (exact) mass is 595 g/mol. The van der Waals surface area contributed by atoms with Crippen molar-refractivity contribution in [2.75, 3.05) is 26.2 Å². The fraction of sp³-hybridized carbons (Fsp3) is 0.759. The molecule has 3 rings (SSSR count). The molecule has 0 aromatic carbocycles. The van der Waals surface area contributed by atoms with E-state index in [9.17, 15) is 19.5 Å². The number of likely N-dealkylation sites (tertiary alicyclic amines) is 1. The number of nitrogens with zero attached hydrogens (tertiary/aromatic N) is 3. The van der Waals surface area contributed by atoms with Gasteiger partial charge in [-0.15, -0.1) is 13.2 Å². The molecule has 38 heavy (non-hydrogen) atoms. The van der Waals surface area contributed by atoms with Crippen LogP contribution in [-0.4, -0.2) is 97.9 Å². The van der Waals surface area contributed by atoms with Crippen LogP contribution >= 0.6 is 15.9 Å². The Balaban J connectivity index is 2.19. The minimum absolute atomic E-state index is 0.0551. The molecule has 8 nitrogen and oxygen atoms in total. The first-order chi connectivity index (χ1) is 17.9. The molecule has 0 aliphatic carbocycles. The third kappa shape index (κ3) is 4.99. The summed E-state index contributed by atoms with van der Waals surface area (Å²) in [7, 11) is 0. The predicted molar refractivity (Wildman–Crippen MR) is 152 cm³/mol. The molecule has 3 saturated heterocycles. The van der Waals surface area contributed by atoms with E-state index in [2.05, 4.69) is 29.1 Å². The van der Waals surface area contributed by atoms with Gasteiger partial charge >= 0.3 is 0 Å². The maximum absolute atomic E-state index is 14.5. The summed E-state index contributed by atoms with van der Waals surface area (Å²) >= 11 is 3.75.